The summed E-state index contributed by atoms with van der Waals surface area (Å²) in [5.74, 6) is -0.0154. The van der Waals surface area contributed by atoms with E-state index in [-0.39, 0.29) is 17.5 Å². The standard InChI is InChI=1S/C12H12F3IN2O/c13-12(14,15)9-4-8(16)1-2-10(9)17-5-7-3-11(19)18-6-7/h1-2,4,7,17H,3,5-6H2,(H,18,19). The Morgan fingerprint density at radius 2 is 2.16 bits per heavy atom. The van der Waals surface area contributed by atoms with Gasteiger partial charge in [-0.05, 0) is 40.8 Å². The van der Waals surface area contributed by atoms with Gasteiger partial charge in [-0.25, -0.2) is 0 Å². The Hall–Kier alpha value is -0.990. The molecule has 1 fully saturated rings. The van der Waals surface area contributed by atoms with E-state index in [0.29, 0.717) is 23.1 Å². The van der Waals surface area contributed by atoms with Crippen LogP contribution in [0.1, 0.15) is 12.0 Å². The Kier molecular flexibility index (Phi) is 4.22. The van der Waals surface area contributed by atoms with Crippen LogP contribution in [-0.2, 0) is 11.0 Å². The second-order valence-electron chi connectivity index (χ2n) is 4.44. The molecule has 1 saturated heterocycles. The molecule has 2 N–H and O–H groups in total. The molecule has 104 valence electrons. The van der Waals surface area contributed by atoms with Crippen LogP contribution in [0.5, 0.6) is 0 Å². The molecule has 0 aliphatic carbocycles. The van der Waals surface area contributed by atoms with E-state index in [2.05, 4.69) is 10.6 Å². The van der Waals surface area contributed by atoms with Crippen LogP contribution in [0.4, 0.5) is 18.9 Å². The maximum atomic E-state index is 12.9. The number of rotatable bonds is 3. The van der Waals surface area contributed by atoms with E-state index in [1.807, 2.05) is 22.6 Å². The Balaban J connectivity index is 2.09. The minimum absolute atomic E-state index is 0.0351. The number of alkyl halides is 3. The minimum Gasteiger partial charge on any atom is -0.384 e. The number of carbonyl (C=O) groups is 1. The lowest BCUT2D eigenvalue weighted by atomic mass is 10.1. The van der Waals surface area contributed by atoms with Crippen molar-refractivity contribution in [2.75, 3.05) is 18.4 Å². The summed E-state index contributed by atoms with van der Waals surface area (Å²) < 4.78 is 39.2. The average molecular weight is 384 g/mol. The fourth-order valence-corrected chi connectivity index (χ4v) is 2.46. The quantitative estimate of drug-likeness (QED) is 0.788. The van der Waals surface area contributed by atoms with Crippen molar-refractivity contribution in [3.05, 3.63) is 27.3 Å². The number of amides is 1. The van der Waals surface area contributed by atoms with Crippen molar-refractivity contribution >= 4 is 34.2 Å². The first-order chi connectivity index (χ1) is 8.86. The van der Waals surface area contributed by atoms with Crippen molar-refractivity contribution in [1.82, 2.24) is 5.32 Å². The highest BCUT2D eigenvalue weighted by Gasteiger charge is 2.34. The van der Waals surface area contributed by atoms with Gasteiger partial charge < -0.3 is 10.6 Å². The molecule has 7 heteroatoms. The molecular formula is C12H12F3IN2O. The van der Waals surface area contributed by atoms with Crippen LogP contribution < -0.4 is 10.6 Å². The summed E-state index contributed by atoms with van der Waals surface area (Å²) in [6.45, 7) is 0.861. The number of halogens is 4. The van der Waals surface area contributed by atoms with Gasteiger partial charge in [0.1, 0.15) is 0 Å². The highest BCUT2D eigenvalue weighted by molar-refractivity contribution is 14.1. The lowest BCUT2D eigenvalue weighted by Gasteiger charge is -2.16. The first-order valence-electron chi connectivity index (χ1n) is 5.73. The van der Waals surface area contributed by atoms with Gasteiger partial charge in [0.2, 0.25) is 5.91 Å². The summed E-state index contributed by atoms with van der Waals surface area (Å²) in [5, 5.41) is 5.45. The monoisotopic (exact) mass is 384 g/mol. The fourth-order valence-electron chi connectivity index (χ4n) is 1.97. The first kappa shape index (κ1) is 14.4. The summed E-state index contributed by atoms with van der Waals surface area (Å²) in [7, 11) is 0. The topological polar surface area (TPSA) is 41.1 Å². The molecule has 0 radical (unpaired) electrons. The maximum Gasteiger partial charge on any atom is 0.418 e. The van der Waals surface area contributed by atoms with Crippen LogP contribution in [0, 0.1) is 9.49 Å². The highest BCUT2D eigenvalue weighted by Crippen LogP contribution is 2.35. The van der Waals surface area contributed by atoms with Crippen molar-refractivity contribution < 1.29 is 18.0 Å². The average Bonchev–Trinajstić information content (AvgIpc) is 2.72. The molecule has 0 aromatic heterocycles. The van der Waals surface area contributed by atoms with E-state index in [4.69, 9.17) is 0 Å². The van der Waals surface area contributed by atoms with Gasteiger partial charge in [0.25, 0.3) is 0 Å². The second kappa shape index (κ2) is 5.56. The zero-order valence-corrected chi connectivity index (χ0v) is 12.0. The van der Waals surface area contributed by atoms with E-state index in [1.54, 1.807) is 6.07 Å². The molecule has 1 amide bonds. The molecule has 1 aromatic rings. The summed E-state index contributed by atoms with van der Waals surface area (Å²) in [4.78, 5) is 11.0. The van der Waals surface area contributed by atoms with Crippen LogP contribution in [0.3, 0.4) is 0 Å². The van der Waals surface area contributed by atoms with Crippen molar-refractivity contribution in [2.45, 2.75) is 12.6 Å². The summed E-state index contributed by atoms with van der Waals surface area (Å²) in [6.07, 6.45) is -4.02. The third kappa shape index (κ3) is 3.74. The van der Waals surface area contributed by atoms with Gasteiger partial charge in [-0.15, -0.1) is 0 Å². The van der Waals surface area contributed by atoms with Gasteiger partial charge in [-0.3, -0.25) is 4.79 Å². The molecule has 1 aliphatic heterocycles. The van der Waals surface area contributed by atoms with Gasteiger partial charge >= 0.3 is 6.18 Å². The number of anilines is 1. The van der Waals surface area contributed by atoms with Crippen LogP contribution >= 0.6 is 22.6 Å². The van der Waals surface area contributed by atoms with Gasteiger partial charge in [0.05, 0.1) is 5.56 Å². The van der Waals surface area contributed by atoms with Crippen LogP contribution in [0.25, 0.3) is 0 Å². The smallest absolute Gasteiger partial charge is 0.384 e. The third-order valence-corrected chi connectivity index (χ3v) is 3.60. The molecule has 0 spiro atoms. The number of nitrogens with one attached hydrogen (secondary N) is 2. The molecule has 1 aromatic carbocycles. The Labute approximate surface area is 122 Å². The van der Waals surface area contributed by atoms with Crippen LogP contribution in [0.15, 0.2) is 18.2 Å². The minimum atomic E-state index is -4.38. The Bertz CT molecular complexity index is 490. The lowest BCUT2D eigenvalue weighted by molar-refractivity contribution is -0.137. The highest BCUT2D eigenvalue weighted by atomic mass is 127. The van der Waals surface area contributed by atoms with Crippen LogP contribution in [-0.4, -0.2) is 19.0 Å². The van der Waals surface area contributed by atoms with Gasteiger partial charge in [-0.2, -0.15) is 13.2 Å². The normalized spacial score (nSPS) is 19.4. The SMILES string of the molecule is O=C1CC(CNc2ccc(I)cc2C(F)(F)F)CN1. The summed E-state index contributed by atoms with van der Waals surface area (Å²) in [5.41, 5.74) is -0.607. The zero-order valence-electron chi connectivity index (χ0n) is 9.85. The molecule has 19 heavy (non-hydrogen) atoms. The van der Waals surface area contributed by atoms with E-state index in [9.17, 15) is 18.0 Å². The molecule has 1 aliphatic rings. The van der Waals surface area contributed by atoms with Gasteiger partial charge in [0.15, 0.2) is 0 Å². The fraction of sp³-hybridized carbons (Fsp3) is 0.417. The van der Waals surface area contributed by atoms with E-state index < -0.39 is 11.7 Å². The van der Waals surface area contributed by atoms with Crippen molar-refractivity contribution in [1.29, 1.82) is 0 Å². The molecular weight excluding hydrogens is 372 g/mol. The molecule has 2 rings (SSSR count). The molecule has 1 unspecified atom stereocenters. The first-order valence-corrected chi connectivity index (χ1v) is 6.81. The Morgan fingerprint density at radius 3 is 2.74 bits per heavy atom. The third-order valence-electron chi connectivity index (χ3n) is 2.93. The Morgan fingerprint density at radius 1 is 1.42 bits per heavy atom. The lowest BCUT2D eigenvalue weighted by Crippen LogP contribution is -2.19. The number of hydrogen-bond donors (Lipinski definition) is 2. The van der Waals surface area contributed by atoms with Crippen LogP contribution in [0.2, 0.25) is 0 Å². The van der Waals surface area contributed by atoms with E-state index >= 15 is 0 Å². The predicted octanol–water partition coefficient (Wildman–Crippen LogP) is 2.86. The number of benzene rings is 1. The van der Waals surface area contributed by atoms with E-state index in [0.717, 1.165) is 6.07 Å². The molecule has 0 bridgehead atoms. The van der Waals surface area contributed by atoms with Crippen molar-refractivity contribution in [3.63, 3.8) is 0 Å². The zero-order chi connectivity index (χ0) is 14.0. The van der Waals surface area contributed by atoms with Gasteiger partial charge in [-0.1, -0.05) is 0 Å². The second-order valence-corrected chi connectivity index (χ2v) is 5.69. The predicted molar refractivity (Wildman–Crippen MR) is 73.8 cm³/mol. The largest absolute Gasteiger partial charge is 0.418 e. The molecule has 1 atom stereocenters. The molecule has 3 nitrogen and oxygen atoms in total. The van der Waals surface area contributed by atoms with Gasteiger partial charge in [0, 0.05) is 34.7 Å². The summed E-state index contributed by atoms with van der Waals surface area (Å²) in [6, 6.07) is 4.16. The molecule has 0 saturated carbocycles. The van der Waals surface area contributed by atoms with Crippen molar-refractivity contribution in [2.24, 2.45) is 5.92 Å². The number of hydrogen-bond acceptors (Lipinski definition) is 2. The van der Waals surface area contributed by atoms with Crippen molar-refractivity contribution in [3.8, 4) is 0 Å². The maximum absolute atomic E-state index is 12.9. The summed E-state index contributed by atoms with van der Waals surface area (Å²) >= 11 is 1.85. The van der Waals surface area contributed by atoms with E-state index in [1.165, 1.54) is 6.07 Å². The number of carbonyl (C=O) groups excluding carboxylic acids is 1. The molecule has 1 heterocycles.